The Kier molecular flexibility index (Phi) is 2.87. The molecule has 11 heavy (non-hydrogen) atoms. The van der Waals surface area contributed by atoms with Crippen LogP contribution in [0, 0.1) is 0 Å². The molecule has 0 saturated carbocycles. The van der Waals surface area contributed by atoms with Gasteiger partial charge in [0.05, 0.1) is 0 Å². The van der Waals surface area contributed by atoms with E-state index in [0.29, 0.717) is 6.61 Å². The fourth-order valence-corrected chi connectivity index (χ4v) is 1.38. The first kappa shape index (κ1) is 8.97. The van der Waals surface area contributed by atoms with Crippen LogP contribution in [0.4, 0.5) is 0 Å². The summed E-state index contributed by atoms with van der Waals surface area (Å²) < 4.78 is 5.25. The van der Waals surface area contributed by atoms with E-state index in [0.717, 1.165) is 25.9 Å². The fraction of sp³-hybridized carbons (Fsp3) is 1.00. The third kappa shape index (κ3) is 2.43. The molecule has 3 heteroatoms. The summed E-state index contributed by atoms with van der Waals surface area (Å²) in [6.45, 7) is 4.36. The summed E-state index contributed by atoms with van der Waals surface area (Å²) in [5.74, 6) is -0.832. The maximum absolute atomic E-state index is 9.74. The molecule has 0 bridgehead atoms. The van der Waals surface area contributed by atoms with Crippen LogP contribution in [0.2, 0.25) is 0 Å². The zero-order valence-corrected chi connectivity index (χ0v) is 7.34. The van der Waals surface area contributed by atoms with Gasteiger partial charge in [0, 0.05) is 32.5 Å². The van der Waals surface area contributed by atoms with Crippen molar-refractivity contribution in [1.82, 2.24) is 4.90 Å². The van der Waals surface area contributed by atoms with Gasteiger partial charge in [0.15, 0.2) is 5.79 Å². The van der Waals surface area contributed by atoms with Crippen LogP contribution in [-0.2, 0) is 4.74 Å². The predicted octanol–water partition coefficient (Wildman–Crippen LogP) is 0.437. The van der Waals surface area contributed by atoms with Gasteiger partial charge in [-0.3, -0.25) is 0 Å². The first-order valence-electron chi connectivity index (χ1n) is 4.21. The van der Waals surface area contributed by atoms with Crippen LogP contribution in [0.5, 0.6) is 0 Å². The van der Waals surface area contributed by atoms with Crippen molar-refractivity contribution in [3.8, 4) is 0 Å². The zero-order valence-electron chi connectivity index (χ0n) is 7.34. The summed E-state index contributed by atoms with van der Waals surface area (Å²) in [4.78, 5) is 2.20. The van der Waals surface area contributed by atoms with Crippen LogP contribution in [0.3, 0.4) is 0 Å². The highest BCUT2D eigenvalue weighted by Gasteiger charge is 2.31. The van der Waals surface area contributed by atoms with Crippen molar-refractivity contribution in [1.29, 1.82) is 0 Å². The molecule has 0 aromatic rings. The maximum atomic E-state index is 9.74. The molecule has 1 rings (SSSR count). The van der Waals surface area contributed by atoms with Gasteiger partial charge in [-0.2, -0.15) is 0 Å². The number of rotatable bonds is 2. The van der Waals surface area contributed by atoms with Crippen LogP contribution >= 0.6 is 0 Å². The number of likely N-dealkylation sites (tertiary alicyclic amines) is 1. The summed E-state index contributed by atoms with van der Waals surface area (Å²) in [6.07, 6.45) is 1.47. The molecule has 0 atom stereocenters. The Labute approximate surface area is 68.0 Å². The summed E-state index contributed by atoms with van der Waals surface area (Å²) in [5.41, 5.74) is 0. The van der Waals surface area contributed by atoms with Gasteiger partial charge in [-0.1, -0.05) is 0 Å². The second-order valence-electron chi connectivity index (χ2n) is 3.18. The lowest BCUT2D eigenvalue weighted by Gasteiger charge is -2.35. The van der Waals surface area contributed by atoms with Crippen molar-refractivity contribution < 1.29 is 9.84 Å². The van der Waals surface area contributed by atoms with E-state index in [-0.39, 0.29) is 0 Å². The number of nitrogens with zero attached hydrogens (tertiary/aromatic N) is 1. The molecule has 0 aromatic heterocycles. The number of ether oxygens (including phenoxy) is 1. The van der Waals surface area contributed by atoms with E-state index in [1.807, 2.05) is 6.92 Å². The molecule has 1 aliphatic rings. The van der Waals surface area contributed by atoms with E-state index in [4.69, 9.17) is 4.74 Å². The van der Waals surface area contributed by atoms with Crippen molar-refractivity contribution in [2.45, 2.75) is 25.6 Å². The van der Waals surface area contributed by atoms with Gasteiger partial charge < -0.3 is 14.7 Å². The topological polar surface area (TPSA) is 32.7 Å². The quantitative estimate of drug-likeness (QED) is 0.593. The lowest BCUT2D eigenvalue weighted by Crippen LogP contribution is -2.44. The third-order valence-corrected chi connectivity index (χ3v) is 2.18. The standard InChI is InChI=1S/C8H17NO2/c1-3-11-8(10)4-6-9(2)7-5-8/h10H,3-7H2,1-2H3. The van der Waals surface area contributed by atoms with Gasteiger partial charge in [0.25, 0.3) is 0 Å². The van der Waals surface area contributed by atoms with Crippen LogP contribution in [0.15, 0.2) is 0 Å². The molecule has 3 nitrogen and oxygen atoms in total. The normalized spacial score (nSPS) is 25.4. The molecular formula is C8H17NO2. The highest BCUT2D eigenvalue weighted by Crippen LogP contribution is 2.21. The van der Waals surface area contributed by atoms with Crippen LogP contribution in [0.25, 0.3) is 0 Å². The first-order chi connectivity index (χ1) is 5.16. The molecule has 1 N–H and O–H groups in total. The van der Waals surface area contributed by atoms with Gasteiger partial charge in [0.2, 0.25) is 0 Å². The van der Waals surface area contributed by atoms with Gasteiger partial charge in [-0.05, 0) is 14.0 Å². The molecule has 1 aliphatic heterocycles. The minimum atomic E-state index is -0.832. The average Bonchev–Trinajstić information content (AvgIpc) is 1.97. The second-order valence-corrected chi connectivity index (χ2v) is 3.18. The van der Waals surface area contributed by atoms with Crippen LogP contribution in [-0.4, -0.2) is 42.5 Å². The van der Waals surface area contributed by atoms with Gasteiger partial charge in [-0.25, -0.2) is 0 Å². The molecule has 0 unspecified atom stereocenters. The van der Waals surface area contributed by atoms with Crippen LogP contribution < -0.4 is 0 Å². The van der Waals surface area contributed by atoms with E-state index < -0.39 is 5.79 Å². The number of aliphatic hydroxyl groups is 1. The number of hydrogen-bond acceptors (Lipinski definition) is 3. The molecule has 1 saturated heterocycles. The third-order valence-electron chi connectivity index (χ3n) is 2.18. The highest BCUT2D eigenvalue weighted by atomic mass is 16.6. The fourth-order valence-electron chi connectivity index (χ4n) is 1.38. The molecule has 1 heterocycles. The van der Waals surface area contributed by atoms with E-state index >= 15 is 0 Å². The maximum Gasteiger partial charge on any atom is 0.167 e. The van der Waals surface area contributed by atoms with E-state index in [1.54, 1.807) is 0 Å². The molecule has 1 fully saturated rings. The summed E-state index contributed by atoms with van der Waals surface area (Å²) in [7, 11) is 2.06. The smallest absolute Gasteiger partial charge is 0.167 e. The lowest BCUT2D eigenvalue weighted by molar-refractivity contribution is -0.222. The van der Waals surface area contributed by atoms with E-state index in [1.165, 1.54) is 0 Å². The largest absolute Gasteiger partial charge is 0.365 e. The Bertz CT molecular complexity index is 119. The SMILES string of the molecule is CCOC1(O)CCN(C)CC1. The molecule has 0 radical (unpaired) electrons. The number of hydrogen-bond donors (Lipinski definition) is 1. The molecular weight excluding hydrogens is 142 g/mol. The van der Waals surface area contributed by atoms with Crippen molar-refractivity contribution in [2.75, 3.05) is 26.7 Å². The van der Waals surface area contributed by atoms with E-state index in [9.17, 15) is 5.11 Å². The van der Waals surface area contributed by atoms with Crippen LogP contribution in [0.1, 0.15) is 19.8 Å². The van der Waals surface area contributed by atoms with Gasteiger partial charge >= 0.3 is 0 Å². The molecule has 0 aliphatic carbocycles. The van der Waals surface area contributed by atoms with Crippen molar-refractivity contribution in [2.24, 2.45) is 0 Å². The Hall–Kier alpha value is -0.120. The van der Waals surface area contributed by atoms with E-state index in [2.05, 4.69) is 11.9 Å². The van der Waals surface area contributed by atoms with Crippen molar-refractivity contribution in [3.63, 3.8) is 0 Å². The molecule has 0 aromatic carbocycles. The highest BCUT2D eigenvalue weighted by molar-refractivity contribution is 4.76. The zero-order chi connectivity index (χ0) is 8.32. The van der Waals surface area contributed by atoms with Gasteiger partial charge in [-0.15, -0.1) is 0 Å². The predicted molar refractivity (Wildman–Crippen MR) is 43.3 cm³/mol. The Morgan fingerprint density at radius 1 is 1.45 bits per heavy atom. The monoisotopic (exact) mass is 159 g/mol. The lowest BCUT2D eigenvalue weighted by atomic mass is 10.0. The first-order valence-corrected chi connectivity index (χ1v) is 4.21. The summed E-state index contributed by atoms with van der Waals surface area (Å²) in [5, 5.41) is 9.74. The Balaban J connectivity index is 2.35. The Morgan fingerprint density at radius 3 is 2.45 bits per heavy atom. The molecule has 0 amide bonds. The van der Waals surface area contributed by atoms with Gasteiger partial charge in [0.1, 0.15) is 0 Å². The Morgan fingerprint density at radius 2 is 2.00 bits per heavy atom. The second kappa shape index (κ2) is 3.52. The van der Waals surface area contributed by atoms with Crippen molar-refractivity contribution >= 4 is 0 Å². The minimum absolute atomic E-state index is 0.597. The van der Waals surface area contributed by atoms with Crippen molar-refractivity contribution in [3.05, 3.63) is 0 Å². The molecule has 0 spiro atoms. The summed E-state index contributed by atoms with van der Waals surface area (Å²) in [6, 6.07) is 0. The molecule has 66 valence electrons. The average molecular weight is 159 g/mol. The minimum Gasteiger partial charge on any atom is -0.365 e. The summed E-state index contributed by atoms with van der Waals surface area (Å²) >= 11 is 0. The number of piperidine rings is 1.